The molecule has 164 valence electrons. The largest absolute Gasteiger partial charge is 0.490 e. The van der Waals surface area contributed by atoms with Gasteiger partial charge in [0.2, 0.25) is 5.91 Å². The average molecular weight is 425 g/mol. The highest BCUT2D eigenvalue weighted by atomic mass is 16.5. The zero-order chi connectivity index (χ0) is 22.4. The van der Waals surface area contributed by atoms with E-state index in [2.05, 4.69) is 10.3 Å². The van der Waals surface area contributed by atoms with Gasteiger partial charge >= 0.3 is 0 Å². The highest BCUT2D eigenvalue weighted by Crippen LogP contribution is 2.30. The van der Waals surface area contributed by atoms with Gasteiger partial charge in [-0.25, -0.2) is 4.98 Å². The molecule has 2 aromatic carbocycles. The van der Waals surface area contributed by atoms with E-state index in [4.69, 9.17) is 15.2 Å². The van der Waals surface area contributed by atoms with Gasteiger partial charge in [-0.15, -0.1) is 0 Å². The summed E-state index contributed by atoms with van der Waals surface area (Å²) in [6, 6.07) is 12.8. The van der Waals surface area contributed by atoms with Gasteiger partial charge in [0, 0.05) is 6.04 Å². The van der Waals surface area contributed by atoms with Gasteiger partial charge in [-0.05, 0) is 50.6 Å². The van der Waals surface area contributed by atoms with Crippen molar-refractivity contribution in [2.24, 2.45) is 5.73 Å². The molecule has 3 rings (SSSR count). The summed E-state index contributed by atoms with van der Waals surface area (Å²) >= 11 is 0. The molecule has 8 heteroatoms. The van der Waals surface area contributed by atoms with E-state index in [0.29, 0.717) is 41.4 Å². The highest BCUT2D eigenvalue weighted by Gasteiger charge is 2.15. The van der Waals surface area contributed by atoms with Crippen molar-refractivity contribution in [3.8, 4) is 11.5 Å². The molecule has 0 aliphatic carbocycles. The van der Waals surface area contributed by atoms with Crippen LogP contribution in [0.3, 0.4) is 0 Å². The monoisotopic (exact) mass is 424 g/mol. The van der Waals surface area contributed by atoms with Crippen molar-refractivity contribution >= 4 is 16.8 Å². The fourth-order valence-corrected chi connectivity index (χ4v) is 3.37. The number of ether oxygens (including phenoxy) is 2. The van der Waals surface area contributed by atoms with E-state index in [1.165, 1.54) is 4.57 Å². The Kier molecular flexibility index (Phi) is 7.25. The van der Waals surface area contributed by atoms with Gasteiger partial charge in [-0.1, -0.05) is 18.2 Å². The Morgan fingerprint density at radius 3 is 2.55 bits per heavy atom. The predicted molar refractivity (Wildman–Crippen MR) is 119 cm³/mol. The minimum absolute atomic E-state index is 0.0692. The van der Waals surface area contributed by atoms with Gasteiger partial charge in [0.1, 0.15) is 12.4 Å². The van der Waals surface area contributed by atoms with Gasteiger partial charge < -0.3 is 20.5 Å². The summed E-state index contributed by atoms with van der Waals surface area (Å²) in [5.74, 6) is 1.24. The molecule has 8 nitrogen and oxygen atoms in total. The molecule has 3 N–H and O–H groups in total. The van der Waals surface area contributed by atoms with E-state index in [-0.39, 0.29) is 24.7 Å². The second-order valence-electron chi connectivity index (χ2n) is 7.08. The number of nitrogens with zero attached hydrogens (tertiary/aromatic N) is 2. The number of nitrogens with one attached hydrogen (secondary N) is 1. The fourth-order valence-electron chi connectivity index (χ4n) is 3.37. The molecule has 0 radical (unpaired) electrons. The molecule has 0 saturated carbocycles. The predicted octanol–water partition coefficient (Wildman–Crippen LogP) is 2.53. The lowest BCUT2D eigenvalue weighted by atomic mass is 10.1. The van der Waals surface area contributed by atoms with Crippen molar-refractivity contribution in [2.75, 3.05) is 13.2 Å². The van der Waals surface area contributed by atoms with Crippen LogP contribution < -0.4 is 26.1 Å². The van der Waals surface area contributed by atoms with E-state index < -0.39 is 5.91 Å². The van der Waals surface area contributed by atoms with Crippen LogP contribution in [0, 0.1) is 0 Å². The molecular formula is C23H28N4O4. The summed E-state index contributed by atoms with van der Waals surface area (Å²) in [6.07, 6.45) is 0. The second kappa shape index (κ2) is 10.1. The summed E-state index contributed by atoms with van der Waals surface area (Å²) in [5, 5.41) is 3.82. The third kappa shape index (κ3) is 5.21. The van der Waals surface area contributed by atoms with Crippen LogP contribution in [0.15, 0.2) is 47.3 Å². The van der Waals surface area contributed by atoms with Crippen molar-refractivity contribution in [3.05, 3.63) is 64.2 Å². The van der Waals surface area contributed by atoms with Crippen molar-refractivity contribution in [2.45, 2.75) is 39.9 Å². The number of rotatable bonds is 10. The average Bonchev–Trinajstić information content (AvgIpc) is 2.75. The molecule has 0 aliphatic heterocycles. The normalized spacial score (nSPS) is 12.0. The number of nitrogens with two attached hydrogens (primary N) is 1. The van der Waals surface area contributed by atoms with Gasteiger partial charge in [-0.3, -0.25) is 14.2 Å². The number of carbonyl (C=O) groups is 1. The Hall–Kier alpha value is -3.39. The molecule has 1 amide bonds. The molecule has 31 heavy (non-hydrogen) atoms. The number of hydrogen-bond donors (Lipinski definition) is 2. The first-order chi connectivity index (χ1) is 14.9. The number of para-hydroxylation sites is 1. The molecule has 0 aliphatic rings. The van der Waals surface area contributed by atoms with Crippen LogP contribution >= 0.6 is 0 Å². The van der Waals surface area contributed by atoms with Crippen LogP contribution in [0.2, 0.25) is 0 Å². The lowest BCUT2D eigenvalue weighted by Crippen LogP contribution is -2.33. The van der Waals surface area contributed by atoms with Crippen LogP contribution in [0.4, 0.5) is 0 Å². The van der Waals surface area contributed by atoms with E-state index in [0.717, 1.165) is 5.56 Å². The van der Waals surface area contributed by atoms with E-state index in [9.17, 15) is 9.59 Å². The Balaban J connectivity index is 1.87. The second-order valence-corrected chi connectivity index (χ2v) is 7.08. The van der Waals surface area contributed by atoms with Gasteiger partial charge in [0.25, 0.3) is 5.56 Å². The molecule has 1 atom stereocenters. The van der Waals surface area contributed by atoms with Crippen molar-refractivity contribution < 1.29 is 14.3 Å². The molecule has 0 saturated heterocycles. The summed E-state index contributed by atoms with van der Waals surface area (Å²) < 4.78 is 12.7. The first-order valence-corrected chi connectivity index (χ1v) is 10.3. The Morgan fingerprint density at radius 2 is 1.84 bits per heavy atom. The van der Waals surface area contributed by atoms with Crippen LogP contribution in [0.5, 0.6) is 11.5 Å². The first kappa shape index (κ1) is 22.3. The van der Waals surface area contributed by atoms with Crippen LogP contribution in [0.1, 0.15) is 38.2 Å². The number of aromatic nitrogens is 2. The topological polar surface area (TPSA) is 108 Å². The molecule has 0 spiro atoms. The zero-order valence-corrected chi connectivity index (χ0v) is 18.1. The molecule has 0 fully saturated rings. The summed E-state index contributed by atoms with van der Waals surface area (Å²) in [4.78, 5) is 29.0. The minimum Gasteiger partial charge on any atom is -0.490 e. The van der Waals surface area contributed by atoms with Crippen LogP contribution in [-0.4, -0.2) is 28.7 Å². The molecular weight excluding hydrogens is 396 g/mol. The lowest BCUT2D eigenvalue weighted by Gasteiger charge is -2.19. The van der Waals surface area contributed by atoms with Crippen molar-refractivity contribution in [1.29, 1.82) is 0 Å². The quantitative estimate of drug-likeness (QED) is 0.518. The third-order valence-corrected chi connectivity index (χ3v) is 4.89. The number of benzene rings is 2. The Bertz CT molecular complexity index is 1130. The SMILES string of the molecule is CCOc1ccc(C(C)NCc2nc3ccccc3c(=O)n2CC(N)=O)cc1OCC. The van der Waals surface area contributed by atoms with Crippen LogP contribution in [0.25, 0.3) is 10.9 Å². The number of primary amides is 1. The molecule has 3 aromatic rings. The summed E-state index contributed by atoms with van der Waals surface area (Å²) in [7, 11) is 0. The van der Waals surface area contributed by atoms with Crippen molar-refractivity contribution in [3.63, 3.8) is 0 Å². The maximum atomic E-state index is 12.9. The molecule has 1 heterocycles. The Morgan fingerprint density at radius 1 is 1.13 bits per heavy atom. The van der Waals surface area contributed by atoms with E-state index >= 15 is 0 Å². The van der Waals surface area contributed by atoms with Crippen molar-refractivity contribution in [1.82, 2.24) is 14.9 Å². The third-order valence-electron chi connectivity index (χ3n) is 4.89. The number of fused-ring (bicyclic) bond motifs is 1. The van der Waals surface area contributed by atoms with E-state index in [1.54, 1.807) is 18.2 Å². The summed E-state index contributed by atoms with van der Waals surface area (Å²) in [5.41, 5.74) is 6.66. The molecule has 1 unspecified atom stereocenters. The maximum absolute atomic E-state index is 12.9. The smallest absolute Gasteiger partial charge is 0.261 e. The summed E-state index contributed by atoms with van der Waals surface area (Å²) in [6.45, 7) is 7.00. The Labute approximate surface area is 181 Å². The maximum Gasteiger partial charge on any atom is 0.261 e. The minimum atomic E-state index is -0.596. The standard InChI is InChI=1S/C23H28N4O4/c1-4-30-19-11-10-16(12-20(19)31-5-2)15(3)25-13-22-26-18-9-7-6-8-17(18)23(29)27(22)14-21(24)28/h6-12,15,25H,4-5,13-14H2,1-3H3,(H2,24,28). The van der Waals surface area contributed by atoms with Gasteiger partial charge in [0.05, 0.1) is 30.7 Å². The highest BCUT2D eigenvalue weighted by molar-refractivity contribution is 5.78. The molecule has 0 bridgehead atoms. The number of carbonyl (C=O) groups excluding carboxylic acids is 1. The number of hydrogen-bond acceptors (Lipinski definition) is 6. The fraction of sp³-hybridized carbons (Fsp3) is 0.348. The zero-order valence-electron chi connectivity index (χ0n) is 18.1. The van der Waals surface area contributed by atoms with Gasteiger partial charge in [0.15, 0.2) is 11.5 Å². The van der Waals surface area contributed by atoms with Gasteiger partial charge in [-0.2, -0.15) is 0 Å². The number of amides is 1. The van der Waals surface area contributed by atoms with Crippen LogP contribution in [-0.2, 0) is 17.9 Å². The first-order valence-electron chi connectivity index (χ1n) is 10.3. The van der Waals surface area contributed by atoms with E-state index in [1.807, 2.05) is 45.0 Å². The molecule has 1 aromatic heterocycles. The lowest BCUT2D eigenvalue weighted by molar-refractivity contribution is -0.118.